The fourth-order valence-corrected chi connectivity index (χ4v) is 2.87. The van der Waals surface area contributed by atoms with Crippen LogP contribution in [0.1, 0.15) is 37.8 Å². The highest BCUT2D eigenvalue weighted by molar-refractivity contribution is 9.10. The van der Waals surface area contributed by atoms with Crippen molar-refractivity contribution in [1.29, 1.82) is 0 Å². The third-order valence-corrected chi connectivity index (χ3v) is 4.16. The van der Waals surface area contributed by atoms with E-state index in [2.05, 4.69) is 15.9 Å². The summed E-state index contributed by atoms with van der Waals surface area (Å²) >= 11 is 3.19. The second-order valence-electron chi connectivity index (χ2n) is 4.93. The molecule has 18 heavy (non-hydrogen) atoms. The lowest BCUT2D eigenvalue weighted by Crippen LogP contribution is -2.33. The van der Waals surface area contributed by atoms with Crippen LogP contribution in [0.15, 0.2) is 22.7 Å². The quantitative estimate of drug-likeness (QED) is 0.897. The molecule has 0 aromatic heterocycles. The minimum Gasteiger partial charge on any atom is -0.378 e. The number of rotatable bonds is 5. The van der Waals surface area contributed by atoms with Gasteiger partial charge in [-0.3, -0.25) is 0 Å². The van der Waals surface area contributed by atoms with Gasteiger partial charge in [0.15, 0.2) is 0 Å². The van der Waals surface area contributed by atoms with Crippen molar-refractivity contribution in [2.45, 2.75) is 38.3 Å². The summed E-state index contributed by atoms with van der Waals surface area (Å²) < 4.78 is 19.1. The van der Waals surface area contributed by atoms with E-state index in [4.69, 9.17) is 10.5 Å². The first-order valence-electron chi connectivity index (χ1n) is 6.42. The van der Waals surface area contributed by atoms with Gasteiger partial charge in [-0.2, -0.15) is 0 Å². The Bertz CT molecular complexity index is 407. The molecule has 0 heterocycles. The highest BCUT2D eigenvalue weighted by Gasteiger charge is 2.30. The molecule has 0 amide bonds. The second-order valence-corrected chi connectivity index (χ2v) is 5.78. The molecule has 1 atom stereocenters. The molecule has 4 heteroatoms. The first-order chi connectivity index (χ1) is 8.60. The van der Waals surface area contributed by atoms with Gasteiger partial charge in [0.2, 0.25) is 0 Å². The number of nitrogens with two attached hydrogens (primary N) is 1. The molecule has 0 saturated heterocycles. The molecule has 0 aliphatic heterocycles. The molecule has 0 radical (unpaired) electrons. The Labute approximate surface area is 116 Å². The van der Waals surface area contributed by atoms with Crippen LogP contribution in [0, 0.1) is 11.7 Å². The second kappa shape index (κ2) is 6.13. The third kappa shape index (κ3) is 3.31. The van der Waals surface area contributed by atoms with Gasteiger partial charge >= 0.3 is 0 Å². The van der Waals surface area contributed by atoms with E-state index in [0.29, 0.717) is 16.5 Å². The van der Waals surface area contributed by atoms with Gasteiger partial charge in [0, 0.05) is 12.6 Å². The van der Waals surface area contributed by atoms with Crippen LogP contribution in [0.25, 0.3) is 0 Å². The summed E-state index contributed by atoms with van der Waals surface area (Å²) in [4.78, 5) is 0. The van der Waals surface area contributed by atoms with Gasteiger partial charge in [-0.15, -0.1) is 0 Å². The van der Waals surface area contributed by atoms with Gasteiger partial charge in [-0.05, 0) is 65.7 Å². The van der Waals surface area contributed by atoms with Crippen molar-refractivity contribution in [3.05, 3.63) is 34.1 Å². The molecule has 2 nitrogen and oxygen atoms in total. The lowest BCUT2D eigenvalue weighted by Gasteiger charge is -2.36. The zero-order valence-electron chi connectivity index (χ0n) is 10.5. The molecule has 1 aliphatic rings. The Morgan fingerprint density at radius 1 is 1.50 bits per heavy atom. The Balaban J connectivity index is 1.85. The molecule has 2 rings (SSSR count). The first-order valence-corrected chi connectivity index (χ1v) is 7.21. The molecule has 1 aliphatic carbocycles. The van der Waals surface area contributed by atoms with E-state index in [1.807, 2.05) is 6.92 Å². The molecular formula is C14H19BrFNO. The summed E-state index contributed by atoms with van der Waals surface area (Å²) in [6.45, 7) is 2.81. The molecular weight excluding hydrogens is 297 g/mol. The van der Waals surface area contributed by atoms with Gasteiger partial charge in [0.05, 0.1) is 10.6 Å². The molecule has 0 bridgehead atoms. The fourth-order valence-electron chi connectivity index (χ4n) is 2.48. The average molecular weight is 316 g/mol. The predicted molar refractivity (Wildman–Crippen MR) is 73.8 cm³/mol. The van der Waals surface area contributed by atoms with E-state index in [9.17, 15) is 4.39 Å². The summed E-state index contributed by atoms with van der Waals surface area (Å²) in [7, 11) is 0. The number of halogens is 2. The van der Waals surface area contributed by atoms with Gasteiger partial charge in [-0.1, -0.05) is 6.07 Å². The molecule has 1 aromatic carbocycles. The van der Waals surface area contributed by atoms with Crippen LogP contribution in [0.2, 0.25) is 0 Å². The Hall–Kier alpha value is -0.450. The van der Waals surface area contributed by atoms with Crippen LogP contribution in [-0.4, -0.2) is 12.7 Å². The molecule has 1 unspecified atom stereocenters. The molecule has 2 N–H and O–H groups in total. The molecule has 1 aromatic rings. The summed E-state index contributed by atoms with van der Waals surface area (Å²) in [6, 6.07) is 4.99. The van der Waals surface area contributed by atoms with E-state index in [1.165, 1.54) is 6.07 Å². The van der Waals surface area contributed by atoms with E-state index in [1.54, 1.807) is 12.1 Å². The van der Waals surface area contributed by atoms with Crippen molar-refractivity contribution < 1.29 is 9.13 Å². The number of ether oxygens (including phenoxy) is 1. The maximum atomic E-state index is 13.1. The highest BCUT2D eigenvalue weighted by atomic mass is 79.9. The van der Waals surface area contributed by atoms with Crippen molar-refractivity contribution in [3.63, 3.8) is 0 Å². The largest absolute Gasteiger partial charge is 0.378 e. The topological polar surface area (TPSA) is 35.2 Å². The van der Waals surface area contributed by atoms with Crippen molar-refractivity contribution in [1.82, 2.24) is 0 Å². The molecule has 1 saturated carbocycles. The SMILES string of the molecule is CCOC1CC(CC(N)c2ccc(F)c(Br)c2)C1. The normalized spacial score (nSPS) is 24.7. The summed E-state index contributed by atoms with van der Waals surface area (Å²) in [5, 5.41) is 0. The molecule has 0 spiro atoms. The maximum absolute atomic E-state index is 13.1. The van der Waals surface area contributed by atoms with Crippen LogP contribution in [0.4, 0.5) is 4.39 Å². The maximum Gasteiger partial charge on any atom is 0.137 e. The minimum absolute atomic E-state index is 0.0190. The lowest BCUT2D eigenvalue weighted by molar-refractivity contribution is -0.0282. The zero-order valence-corrected chi connectivity index (χ0v) is 12.1. The summed E-state index contributed by atoms with van der Waals surface area (Å²) in [6.07, 6.45) is 3.57. The van der Waals surface area contributed by atoms with E-state index in [0.717, 1.165) is 31.4 Å². The van der Waals surface area contributed by atoms with Crippen LogP contribution in [-0.2, 0) is 4.74 Å². The summed E-state index contributed by atoms with van der Waals surface area (Å²) in [5.41, 5.74) is 7.15. The Morgan fingerprint density at radius 2 is 2.22 bits per heavy atom. The highest BCUT2D eigenvalue weighted by Crippen LogP contribution is 2.36. The third-order valence-electron chi connectivity index (χ3n) is 3.55. The van der Waals surface area contributed by atoms with Gasteiger partial charge in [0.25, 0.3) is 0 Å². The van der Waals surface area contributed by atoms with E-state index < -0.39 is 0 Å². The Morgan fingerprint density at radius 3 is 2.83 bits per heavy atom. The van der Waals surface area contributed by atoms with Crippen LogP contribution in [0.3, 0.4) is 0 Å². The monoisotopic (exact) mass is 315 g/mol. The van der Waals surface area contributed by atoms with Crippen molar-refractivity contribution in [2.75, 3.05) is 6.61 Å². The fraction of sp³-hybridized carbons (Fsp3) is 0.571. The predicted octanol–water partition coefficient (Wildman–Crippen LogP) is 3.79. The summed E-state index contributed by atoms with van der Waals surface area (Å²) in [5.74, 6) is 0.395. The average Bonchev–Trinajstić information content (AvgIpc) is 2.30. The van der Waals surface area contributed by atoms with Crippen LogP contribution in [0.5, 0.6) is 0 Å². The van der Waals surface area contributed by atoms with Gasteiger partial charge in [0.1, 0.15) is 5.82 Å². The van der Waals surface area contributed by atoms with Crippen molar-refractivity contribution in [2.24, 2.45) is 11.7 Å². The number of hydrogen-bond acceptors (Lipinski definition) is 2. The van der Waals surface area contributed by atoms with E-state index >= 15 is 0 Å². The first kappa shape index (κ1) is 14.0. The van der Waals surface area contributed by atoms with Crippen molar-refractivity contribution in [3.8, 4) is 0 Å². The molecule has 100 valence electrons. The van der Waals surface area contributed by atoms with Gasteiger partial charge < -0.3 is 10.5 Å². The van der Waals surface area contributed by atoms with Crippen LogP contribution >= 0.6 is 15.9 Å². The standard InChI is InChI=1S/C14H19BrFNO/c1-2-18-11-5-9(6-11)7-14(17)10-3-4-13(16)12(15)8-10/h3-4,8-9,11,14H,2,5-7,17H2,1H3. The van der Waals surface area contributed by atoms with E-state index in [-0.39, 0.29) is 11.9 Å². The van der Waals surface area contributed by atoms with Crippen molar-refractivity contribution >= 4 is 15.9 Å². The zero-order chi connectivity index (χ0) is 13.1. The number of hydrogen-bond donors (Lipinski definition) is 1. The lowest BCUT2D eigenvalue weighted by atomic mass is 9.77. The molecule has 1 fully saturated rings. The number of benzene rings is 1. The van der Waals surface area contributed by atoms with Crippen LogP contribution < -0.4 is 5.73 Å². The Kier molecular flexibility index (Phi) is 4.76. The smallest absolute Gasteiger partial charge is 0.137 e. The van der Waals surface area contributed by atoms with Gasteiger partial charge in [-0.25, -0.2) is 4.39 Å². The minimum atomic E-state index is -0.244.